The summed E-state index contributed by atoms with van der Waals surface area (Å²) < 4.78 is 5.39. The van der Waals surface area contributed by atoms with E-state index in [0.29, 0.717) is 13.1 Å². The molecule has 0 radical (unpaired) electrons. The van der Waals surface area contributed by atoms with Gasteiger partial charge in [-0.1, -0.05) is 60.7 Å². The molecular formula is C21H28N2O2. The molecule has 25 heavy (non-hydrogen) atoms. The summed E-state index contributed by atoms with van der Waals surface area (Å²) in [7, 11) is 0. The molecule has 0 bridgehead atoms. The molecule has 1 heterocycles. The molecule has 1 aliphatic rings. The van der Waals surface area contributed by atoms with Gasteiger partial charge in [-0.2, -0.15) is 0 Å². The number of benzene rings is 2. The van der Waals surface area contributed by atoms with E-state index in [-0.39, 0.29) is 6.10 Å². The number of aliphatic hydroxyl groups is 1. The van der Waals surface area contributed by atoms with Crippen LogP contribution < -0.4 is 0 Å². The number of aliphatic hydroxyl groups excluding tert-OH is 1. The van der Waals surface area contributed by atoms with Crippen LogP contribution in [-0.2, 0) is 17.8 Å². The number of rotatable bonds is 8. The lowest BCUT2D eigenvalue weighted by Crippen LogP contribution is -2.44. The van der Waals surface area contributed by atoms with E-state index in [1.165, 1.54) is 11.1 Å². The van der Waals surface area contributed by atoms with Gasteiger partial charge in [0, 0.05) is 39.3 Å². The first kappa shape index (κ1) is 18.1. The van der Waals surface area contributed by atoms with Gasteiger partial charge in [0.05, 0.1) is 19.3 Å². The third-order valence-corrected chi connectivity index (χ3v) is 4.54. The number of hydrogen-bond donors (Lipinski definition) is 1. The highest BCUT2D eigenvalue weighted by molar-refractivity contribution is 5.17. The molecule has 1 saturated heterocycles. The summed E-state index contributed by atoms with van der Waals surface area (Å²) in [4.78, 5) is 4.62. The molecule has 4 heteroatoms. The minimum atomic E-state index is -0.356. The smallest absolute Gasteiger partial charge is 0.0794 e. The van der Waals surface area contributed by atoms with Gasteiger partial charge in [0.2, 0.25) is 0 Å². The molecule has 0 spiro atoms. The Bertz CT molecular complexity index is 558. The monoisotopic (exact) mass is 340 g/mol. The predicted octanol–water partition coefficient (Wildman–Crippen LogP) is 2.38. The zero-order valence-electron chi connectivity index (χ0n) is 14.8. The first-order chi connectivity index (χ1) is 12.3. The minimum absolute atomic E-state index is 0.356. The van der Waals surface area contributed by atoms with Gasteiger partial charge in [0.25, 0.3) is 0 Å². The molecule has 4 nitrogen and oxygen atoms in total. The Morgan fingerprint density at radius 3 is 1.92 bits per heavy atom. The summed E-state index contributed by atoms with van der Waals surface area (Å²) >= 11 is 0. The van der Waals surface area contributed by atoms with Crippen LogP contribution in [0.5, 0.6) is 0 Å². The summed E-state index contributed by atoms with van der Waals surface area (Å²) in [5.41, 5.74) is 2.55. The molecule has 0 saturated carbocycles. The highest BCUT2D eigenvalue weighted by Gasteiger charge is 2.18. The number of β-amino-alcohol motifs (C(OH)–C–C–N with tert-alkyl or cyclic N) is 1. The second-order valence-corrected chi connectivity index (χ2v) is 6.71. The third kappa shape index (κ3) is 6.25. The molecule has 1 unspecified atom stereocenters. The van der Waals surface area contributed by atoms with Crippen molar-refractivity contribution < 1.29 is 9.84 Å². The zero-order valence-corrected chi connectivity index (χ0v) is 14.8. The number of ether oxygens (including phenoxy) is 1. The van der Waals surface area contributed by atoms with Crippen LogP contribution in [-0.4, -0.2) is 60.4 Å². The fourth-order valence-electron chi connectivity index (χ4n) is 3.31. The van der Waals surface area contributed by atoms with Gasteiger partial charge in [-0.05, 0) is 11.1 Å². The molecule has 3 rings (SSSR count). The predicted molar refractivity (Wildman–Crippen MR) is 100 cm³/mol. The van der Waals surface area contributed by atoms with E-state index in [9.17, 15) is 5.11 Å². The lowest BCUT2D eigenvalue weighted by Gasteiger charge is -2.31. The zero-order chi connectivity index (χ0) is 17.3. The van der Waals surface area contributed by atoms with E-state index in [0.717, 1.165) is 39.4 Å². The minimum Gasteiger partial charge on any atom is -0.390 e. The third-order valence-electron chi connectivity index (χ3n) is 4.54. The Hall–Kier alpha value is -1.72. The number of nitrogens with zero attached hydrogens (tertiary/aromatic N) is 2. The fraction of sp³-hybridized carbons (Fsp3) is 0.429. The van der Waals surface area contributed by atoms with E-state index < -0.39 is 0 Å². The molecule has 1 aliphatic heterocycles. The molecule has 1 N–H and O–H groups in total. The highest BCUT2D eigenvalue weighted by atomic mass is 16.5. The largest absolute Gasteiger partial charge is 0.390 e. The topological polar surface area (TPSA) is 35.9 Å². The van der Waals surface area contributed by atoms with Crippen LogP contribution in [0.2, 0.25) is 0 Å². The Labute approximate surface area is 150 Å². The van der Waals surface area contributed by atoms with Crippen LogP contribution >= 0.6 is 0 Å². The molecule has 0 amide bonds. The lowest BCUT2D eigenvalue weighted by atomic mass is 10.1. The molecule has 0 aromatic heterocycles. The van der Waals surface area contributed by atoms with Crippen LogP contribution in [0.1, 0.15) is 11.1 Å². The van der Waals surface area contributed by atoms with E-state index in [1.807, 2.05) is 12.1 Å². The van der Waals surface area contributed by atoms with E-state index in [4.69, 9.17) is 4.74 Å². The van der Waals surface area contributed by atoms with Crippen molar-refractivity contribution in [1.82, 2.24) is 9.80 Å². The molecule has 1 atom stereocenters. The summed E-state index contributed by atoms with van der Waals surface area (Å²) in [6.07, 6.45) is -0.356. The van der Waals surface area contributed by atoms with Crippen molar-refractivity contribution in [1.29, 1.82) is 0 Å². The summed E-state index contributed by atoms with van der Waals surface area (Å²) in [6.45, 7) is 6.42. The van der Waals surface area contributed by atoms with Crippen LogP contribution in [0.25, 0.3) is 0 Å². The maximum atomic E-state index is 10.6. The Kier molecular flexibility index (Phi) is 7.00. The summed E-state index contributed by atoms with van der Waals surface area (Å²) in [5.74, 6) is 0. The molecule has 2 aromatic rings. The van der Waals surface area contributed by atoms with Crippen LogP contribution in [0, 0.1) is 0 Å². The quantitative estimate of drug-likeness (QED) is 0.800. The van der Waals surface area contributed by atoms with Crippen molar-refractivity contribution in [2.24, 2.45) is 0 Å². The average Bonchev–Trinajstić information content (AvgIpc) is 2.64. The van der Waals surface area contributed by atoms with Crippen molar-refractivity contribution in [3.63, 3.8) is 0 Å². The molecule has 134 valence electrons. The van der Waals surface area contributed by atoms with Crippen molar-refractivity contribution in [2.45, 2.75) is 19.2 Å². The lowest BCUT2D eigenvalue weighted by molar-refractivity contribution is 0.00557. The first-order valence-electron chi connectivity index (χ1n) is 9.08. The molecular weight excluding hydrogens is 312 g/mol. The van der Waals surface area contributed by atoms with Crippen LogP contribution in [0.4, 0.5) is 0 Å². The van der Waals surface area contributed by atoms with Crippen LogP contribution in [0.15, 0.2) is 60.7 Å². The van der Waals surface area contributed by atoms with Crippen molar-refractivity contribution >= 4 is 0 Å². The van der Waals surface area contributed by atoms with Gasteiger partial charge in [-0.3, -0.25) is 9.80 Å². The van der Waals surface area contributed by atoms with Gasteiger partial charge in [-0.25, -0.2) is 0 Å². The first-order valence-corrected chi connectivity index (χ1v) is 9.08. The van der Waals surface area contributed by atoms with Gasteiger partial charge in [0.15, 0.2) is 0 Å². The Morgan fingerprint density at radius 2 is 1.40 bits per heavy atom. The average molecular weight is 340 g/mol. The fourth-order valence-corrected chi connectivity index (χ4v) is 3.31. The van der Waals surface area contributed by atoms with Gasteiger partial charge < -0.3 is 9.84 Å². The van der Waals surface area contributed by atoms with Crippen molar-refractivity contribution in [2.75, 3.05) is 39.4 Å². The standard InChI is InChI=1S/C21H28N2O2/c24-21(17-22-11-13-25-14-12-22)18-23(15-19-7-3-1-4-8-19)16-20-9-5-2-6-10-20/h1-10,21,24H,11-18H2. The maximum absolute atomic E-state index is 10.6. The molecule has 2 aromatic carbocycles. The van der Waals surface area contributed by atoms with Crippen molar-refractivity contribution in [3.05, 3.63) is 71.8 Å². The Morgan fingerprint density at radius 1 is 0.880 bits per heavy atom. The summed E-state index contributed by atoms with van der Waals surface area (Å²) in [5, 5.41) is 10.6. The molecule has 0 aliphatic carbocycles. The normalized spacial score (nSPS) is 16.9. The number of hydrogen-bond acceptors (Lipinski definition) is 4. The van der Waals surface area contributed by atoms with E-state index >= 15 is 0 Å². The summed E-state index contributed by atoms with van der Waals surface area (Å²) in [6, 6.07) is 20.9. The second kappa shape index (κ2) is 9.68. The second-order valence-electron chi connectivity index (χ2n) is 6.71. The SMILES string of the molecule is OC(CN1CCOCC1)CN(Cc1ccccc1)Cc1ccccc1. The van der Waals surface area contributed by atoms with E-state index in [1.54, 1.807) is 0 Å². The number of morpholine rings is 1. The maximum Gasteiger partial charge on any atom is 0.0794 e. The van der Waals surface area contributed by atoms with Gasteiger partial charge in [-0.15, -0.1) is 0 Å². The molecule has 1 fully saturated rings. The van der Waals surface area contributed by atoms with Gasteiger partial charge >= 0.3 is 0 Å². The Balaban J connectivity index is 1.60. The van der Waals surface area contributed by atoms with E-state index in [2.05, 4.69) is 58.3 Å². The highest BCUT2D eigenvalue weighted by Crippen LogP contribution is 2.11. The van der Waals surface area contributed by atoms with Crippen LogP contribution in [0.3, 0.4) is 0 Å². The van der Waals surface area contributed by atoms with Crippen molar-refractivity contribution in [3.8, 4) is 0 Å². The van der Waals surface area contributed by atoms with Gasteiger partial charge in [0.1, 0.15) is 0 Å².